The second-order valence-electron chi connectivity index (χ2n) is 5.14. The number of H-pyrrole nitrogens is 1. The van der Waals surface area contributed by atoms with Gasteiger partial charge in [-0.15, -0.1) is 0 Å². The van der Waals surface area contributed by atoms with Crippen LogP contribution in [0.1, 0.15) is 25.5 Å². The molecule has 0 aliphatic heterocycles. The van der Waals surface area contributed by atoms with Crippen molar-refractivity contribution >= 4 is 10.9 Å². The molecule has 0 amide bonds. The molecule has 1 aliphatic carbocycles. The first kappa shape index (κ1) is 8.98. The number of nitrogens with one attached hydrogen (secondary N) is 1. The van der Waals surface area contributed by atoms with Gasteiger partial charge in [0.1, 0.15) is 0 Å². The maximum Gasteiger partial charge on any atom is 0.0456 e. The van der Waals surface area contributed by atoms with E-state index in [0.29, 0.717) is 12.0 Å². The van der Waals surface area contributed by atoms with Crippen molar-refractivity contribution < 1.29 is 0 Å². The van der Waals surface area contributed by atoms with E-state index in [4.69, 9.17) is 5.73 Å². The zero-order valence-electron chi connectivity index (χ0n) is 9.12. The van der Waals surface area contributed by atoms with Crippen molar-refractivity contribution in [2.75, 3.05) is 0 Å². The largest absolute Gasteiger partial charge is 0.358 e. The van der Waals surface area contributed by atoms with Crippen LogP contribution in [0.2, 0.25) is 0 Å². The molecule has 78 valence electrons. The molecular formula is C13H16N2. The molecule has 1 heterocycles. The average Bonchev–Trinajstić information content (AvgIpc) is 2.61. The molecule has 0 bridgehead atoms. The Balaban J connectivity index is 2.07. The molecule has 0 radical (unpaired) electrons. The smallest absolute Gasteiger partial charge is 0.0456 e. The first-order valence-corrected chi connectivity index (χ1v) is 5.44. The lowest BCUT2D eigenvalue weighted by Crippen LogP contribution is -2.06. The van der Waals surface area contributed by atoms with E-state index in [-0.39, 0.29) is 5.41 Å². The third kappa shape index (κ3) is 1.15. The first-order valence-electron chi connectivity index (χ1n) is 5.44. The van der Waals surface area contributed by atoms with Gasteiger partial charge < -0.3 is 10.7 Å². The molecule has 1 aromatic carbocycles. The zero-order valence-corrected chi connectivity index (χ0v) is 9.12. The minimum absolute atomic E-state index is 0.251. The van der Waals surface area contributed by atoms with E-state index in [1.165, 1.54) is 16.6 Å². The molecule has 15 heavy (non-hydrogen) atoms. The van der Waals surface area contributed by atoms with E-state index in [2.05, 4.69) is 49.2 Å². The molecule has 2 nitrogen and oxygen atoms in total. The highest BCUT2D eigenvalue weighted by Gasteiger charge is 2.56. The fourth-order valence-corrected chi connectivity index (χ4v) is 2.54. The Kier molecular flexibility index (Phi) is 1.58. The van der Waals surface area contributed by atoms with Crippen LogP contribution >= 0.6 is 0 Å². The van der Waals surface area contributed by atoms with Gasteiger partial charge in [0.2, 0.25) is 0 Å². The number of benzene rings is 1. The molecule has 1 saturated carbocycles. The van der Waals surface area contributed by atoms with Crippen LogP contribution in [0.4, 0.5) is 0 Å². The molecule has 1 aliphatic rings. The fourth-order valence-electron chi connectivity index (χ4n) is 2.54. The molecule has 0 saturated heterocycles. The summed E-state index contributed by atoms with van der Waals surface area (Å²) in [6, 6.07) is 10.9. The predicted molar refractivity (Wildman–Crippen MR) is 62.8 cm³/mol. The first-order chi connectivity index (χ1) is 7.10. The number of rotatable bonds is 1. The normalized spacial score (nSPS) is 28.2. The molecule has 3 N–H and O–H groups in total. The van der Waals surface area contributed by atoms with Crippen LogP contribution in [0.5, 0.6) is 0 Å². The van der Waals surface area contributed by atoms with Crippen LogP contribution in [0.15, 0.2) is 30.3 Å². The van der Waals surface area contributed by atoms with Gasteiger partial charge in [-0.3, -0.25) is 0 Å². The average molecular weight is 200 g/mol. The summed E-state index contributed by atoms with van der Waals surface area (Å²) >= 11 is 0. The van der Waals surface area contributed by atoms with E-state index in [9.17, 15) is 0 Å². The lowest BCUT2D eigenvalue weighted by atomic mass is 10.1. The van der Waals surface area contributed by atoms with Crippen LogP contribution in [0, 0.1) is 5.41 Å². The van der Waals surface area contributed by atoms with Crippen molar-refractivity contribution in [2.45, 2.75) is 25.8 Å². The monoisotopic (exact) mass is 200 g/mol. The van der Waals surface area contributed by atoms with Gasteiger partial charge in [0.05, 0.1) is 0 Å². The fraction of sp³-hybridized carbons (Fsp3) is 0.385. The molecule has 1 aromatic heterocycles. The number of hydrogen-bond donors (Lipinski definition) is 2. The number of fused-ring (bicyclic) bond motifs is 1. The lowest BCUT2D eigenvalue weighted by molar-refractivity contribution is 0.596. The summed E-state index contributed by atoms with van der Waals surface area (Å²) in [7, 11) is 0. The number of aromatic amines is 1. The number of nitrogens with two attached hydrogens (primary N) is 1. The quantitative estimate of drug-likeness (QED) is 0.730. The van der Waals surface area contributed by atoms with E-state index in [1.54, 1.807) is 0 Å². The summed E-state index contributed by atoms with van der Waals surface area (Å²) in [6.45, 7) is 4.46. The number of para-hydroxylation sites is 1. The van der Waals surface area contributed by atoms with Crippen LogP contribution in [-0.2, 0) is 0 Å². The van der Waals surface area contributed by atoms with Crippen molar-refractivity contribution in [3.05, 3.63) is 36.0 Å². The molecular weight excluding hydrogens is 184 g/mol. The van der Waals surface area contributed by atoms with Crippen LogP contribution in [-0.4, -0.2) is 11.0 Å². The third-order valence-electron chi connectivity index (χ3n) is 3.80. The molecule has 2 atom stereocenters. The van der Waals surface area contributed by atoms with E-state index in [1.807, 2.05) is 0 Å². The maximum atomic E-state index is 6.08. The van der Waals surface area contributed by atoms with Gasteiger partial charge in [-0.05, 0) is 22.9 Å². The SMILES string of the molecule is CC1(C)[C@@H](N)[C@@H]1c1cc2ccccc2[nH]1. The van der Waals surface area contributed by atoms with Gasteiger partial charge in [0.15, 0.2) is 0 Å². The van der Waals surface area contributed by atoms with Crippen molar-refractivity contribution in [3.8, 4) is 0 Å². The zero-order chi connectivity index (χ0) is 10.6. The van der Waals surface area contributed by atoms with Crippen LogP contribution < -0.4 is 5.73 Å². The Labute approximate surface area is 89.5 Å². The van der Waals surface area contributed by atoms with Crippen LogP contribution in [0.3, 0.4) is 0 Å². The molecule has 2 heteroatoms. The summed E-state index contributed by atoms with van der Waals surface area (Å²) in [6.07, 6.45) is 0. The summed E-state index contributed by atoms with van der Waals surface area (Å²) in [5.41, 5.74) is 8.83. The van der Waals surface area contributed by atoms with E-state index >= 15 is 0 Å². The van der Waals surface area contributed by atoms with Gasteiger partial charge in [0.25, 0.3) is 0 Å². The molecule has 3 rings (SSSR count). The van der Waals surface area contributed by atoms with Gasteiger partial charge in [-0.1, -0.05) is 32.0 Å². The maximum absolute atomic E-state index is 6.08. The van der Waals surface area contributed by atoms with Crippen molar-refractivity contribution in [2.24, 2.45) is 11.1 Å². The summed E-state index contributed by atoms with van der Waals surface area (Å²) < 4.78 is 0. The highest BCUT2D eigenvalue weighted by molar-refractivity contribution is 5.80. The Bertz CT molecular complexity index is 477. The summed E-state index contributed by atoms with van der Waals surface area (Å²) in [5.74, 6) is 0.491. The molecule has 2 aromatic rings. The topological polar surface area (TPSA) is 41.8 Å². The van der Waals surface area contributed by atoms with Gasteiger partial charge in [0, 0.05) is 23.2 Å². The number of aromatic nitrogens is 1. The minimum Gasteiger partial charge on any atom is -0.358 e. The predicted octanol–water partition coefficient (Wildman–Crippen LogP) is 2.62. The van der Waals surface area contributed by atoms with Crippen LogP contribution in [0.25, 0.3) is 10.9 Å². The van der Waals surface area contributed by atoms with Gasteiger partial charge in [-0.2, -0.15) is 0 Å². The van der Waals surface area contributed by atoms with Gasteiger partial charge >= 0.3 is 0 Å². The molecule has 1 fully saturated rings. The minimum atomic E-state index is 0.251. The highest BCUT2D eigenvalue weighted by Crippen LogP contribution is 2.57. The van der Waals surface area contributed by atoms with Crippen molar-refractivity contribution in [3.63, 3.8) is 0 Å². The Morgan fingerprint density at radius 2 is 1.93 bits per heavy atom. The summed E-state index contributed by atoms with van der Waals surface area (Å²) in [5, 5.41) is 1.28. The Morgan fingerprint density at radius 3 is 2.53 bits per heavy atom. The van der Waals surface area contributed by atoms with Crippen molar-refractivity contribution in [1.29, 1.82) is 0 Å². The lowest BCUT2D eigenvalue weighted by Gasteiger charge is -1.98. The molecule has 0 spiro atoms. The van der Waals surface area contributed by atoms with Crippen molar-refractivity contribution in [1.82, 2.24) is 4.98 Å². The van der Waals surface area contributed by atoms with E-state index in [0.717, 1.165) is 0 Å². The third-order valence-corrected chi connectivity index (χ3v) is 3.80. The Hall–Kier alpha value is -1.28. The second-order valence-corrected chi connectivity index (χ2v) is 5.14. The van der Waals surface area contributed by atoms with Gasteiger partial charge in [-0.25, -0.2) is 0 Å². The number of hydrogen-bond acceptors (Lipinski definition) is 1. The standard InChI is InChI=1S/C13H16N2/c1-13(2)11(12(13)14)10-7-8-5-3-4-6-9(8)15-10/h3-7,11-12,15H,14H2,1-2H3/t11-,12-/m0/s1. The molecule has 0 unspecified atom stereocenters. The highest BCUT2D eigenvalue weighted by atomic mass is 14.9. The van der Waals surface area contributed by atoms with E-state index < -0.39 is 0 Å². The Morgan fingerprint density at radius 1 is 1.27 bits per heavy atom. The summed E-state index contributed by atoms with van der Waals surface area (Å²) in [4.78, 5) is 3.46. The second kappa shape index (κ2) is 2.64.